The molecule has 2 aromatic rings. The molecule has 0 saturated carbocycles. The molecule has 3 rings (SSSR count). The fourth-order valence-electron chi connectivity index (χ4n) is 2.57. The average Bonchev–Trinajstić information content (AvgIpc) is 2.97. The van der Waals surface area contributed by atoms with Gasteiger partial charge in [-0.1, -0.05) is 6.07 Å². The van der Waals surface area contributed by atoms with Crippen molar-refractivity contribution >= 4 is 0 Å². The minimum atomic E-state index is -0.837. The molecule has 1 aliphatic heterocycles. The van der Waals surface area contributed by atoms with Gasteiger partial charge in [0.15, 0.2) is 11.6 Å². The van der Waals surface area contributed by atoms with Crippen LogP contribution in [0, 0.1) is 11.6 Å². The first-order valence-corrected chi connectivity index (χ1v) is 6.93. The molecule has 0 amide bonds. The van der Waals surface area contributed by atoms with Crippen LogP contribution >= 0.6 is 0 Å². The molecule has 21 heavy (non-hydrogen) atoms. The van der Waals surface area contributed by atoms with E-state index in [0.29, 0.717) is 18.7 Å². The molecule has 3 nitrogen and oxygen atoms in total. The standard InChI is InChI=1S/C16H16F2N2O/c17-13-2-1-12(9-14(13)18)16-15(5-8-21-16)20-10-11-3-6-19-7-4-11/h1-4,6-7,9,15-16,20H,5,8,10H2/t15-,16-/m0/s1. The second-order valence-corrected chi connectivity index (χ2v) is 5.10. The highest BCUT2D eigenvalue weighted by Crippen LogP contribution is 2.30. The van der Waals surface area contributed by atoms with Gasteiger partial charge in [0.05, 0.1) is 6.10 Å². The molecular formula is C16H16F2N2O. The van der Waals surface area contributed by atoms with E-state index in [1.807, 2.05) is 12.1 Å². The third-order valence-corrected chi connectivity index (χ3v) is 3.68. The maximum Gasteiger partial charge on any atom is 0.159 e. The summed E-state index contributed by atoms with van der Waals surface area (Å²) >= 11 is 0. The van der Waals surface area contributed by atoms with Gasteiger partial charge in [0, 0.05) is 31.6 Å². The summed E-state index contributed by atoms with van der Waals surface area (Å²) in [5.41, 5.74) is 1.79. The van der Waals surface area contributed by atoms with Crippen molar-refractivity contribution in [3.8, 4) is 0 Å². The number of hydrogen-bond acceptors (Lipinski definition) is 3. The Balaban J connectivity index is 1.69. The molecule has 1 aromatic heterocycles. The zero-order valence-electron chi connectivity index (χ0n) is 11.4. The van der Waals surface area contributed by atoms with E-state index in [2.05, 4.69) is 10.3 Å². The quantitative estimate of drug-likeness (QED) is 0.940. The first kappa shape index (κ1) is 14.1. The lowest BCUT2D eigenvalue weighted by Gasteiger charge is -2.20. The number of rotatable bonds is 4. The van der Waals surface area contributed by atoms with Crippen LogP contribution in [0.4, 0.5) is 8.78 Å². The second-order valence-electron chi connectivity index (χ2n) is 5.10. The molecule has 0 spiro atoms. The highest BCUT2D eigenvalue weighted by atomic mass is 19.2. The van der Waals surface area contributed by atoms with Crippen LogP contribution in [0.5, 0.6) is 0 Å². The van der Waals surface area contributed by atoms with Crippen LogP contribution < -0.4 is 5.32 Å². The van der Waals surface area contributed by atoms with Crippen molar-refractivity contribution in [2.24, 2.45) is 0 Å². The molecule has 0 unspecified atom stereocenters. The number of ether oxygens (including phenoxy) is 1. The molecule has 110 valence electrons. The highest BCUT2D eigenvalue weighted by Gasteiger charge is 2.29. The number of pyridine rings is 1. The molecule has 0 aliphatic carbocycles. The summed E-state index contributed by atoms with van der Waals surface area (Å²) in [5, 5.41) is 3.41. The Kier molecular flexibility index (Phi) is 4.22. The Morgan fingerprint density at radius 1 is 1.14 bits per heavy atom. The van der Waals surface area contributed by atoms with E-state index in [0.717, 1.165) is 18.1 Å². The van der Waals surface area contributed by atoms with Crippen molar-refractivity contribution in [2.75, 3.05) is 6.61 Å². The molecule has 1 N–H and O–H groups in total. The summed E-state index contributed by atoms with van der Waals surface area (Å²) in [4.78, 5) is 3.98. The topological polar surface area (TPSA) is 34.1 Å². The van der Waals surface area contributed by atoms with Crippen LogP contribution in [0.1, 0.15) is 23.7 Å². The van der Waals surface area contributed by atoms with E-state index in [-0.39, 0.29) is 12.1 Å². The van der Waals surface area contributed by atoms with E-state index in [1.165, 1.54) is 6.07 Å². The minimum absolute atomic E-state index is 0.0861. The van der Waals surface area contributed by atoms with Gasteiger partial charge in [-0.25, -0.2) is 8.78 Å². The predicted molar refractivity (Wildman–Crippen MR) is 74.5 cm³/mol. The van der Waals surface area contributed by atoms with Crippen molar-refractivity contribution in [1.82, 2.24) is 10.3 Å². The van der Waals surface area contributed by atoms with Crippen LogP contribution in [0.3, 0.4) is 0 Å². The number of hydrogen-bond donors (Lipinski definition) is 1. The highest BCUT2D eigenvalue weighted by molar-refractivity contribution is 5.22. The van der Waals surface area contributed by atoms with Crippen molar-refractivity contribution < 1.29 is 13.5 Å². The Labute approximate surface area is 122 Å². The Bertz CT molecular complexity index is 606. The van der Waals surface area contributed by atoms with Crippen molar-refractivity contribution in [1.29, 1.82) is 0 Å². The van der Waals surface area contributed by atoms with E-state index in [1.54, 1.807) is 18.5 Å². The molecular weight excluding hydrogens is 274 g/mol. The predicted octanol–water partition coefficient (Wildman–Crippen LogP) is 2.98. The number of aromatic nitrogens is 1. The largest absolute Gasteiger partial charge is 0.372 e. The first-order chi connectivity index (χ1) is 10.2. The monoisotopic (exact) mass is 290 g/mol. The van der Waals surface area contributed by atoms with Crippen LogP contribution in [-0.4, -0.2) is 17.6 Å². The summed E-state index contributed by atoms with van der Waals surface area (Å²) in [5.74, 6) is -1.67. The molecule has 1 aliphatic rings. The van der Waals surface area contributed by atoms with Crippen LogP contribution in [-0.2, 0) is 11.3 Å². The lowest BCUT2D eigenvalue weighted by molar-refractivity contribution is 0.0981. The Hall–Kier alpha value is -1.85. The molecule has 1 fully saturated rings. The molecule has 5 heteroatoms. The lowest BCUT2D eigenvalue weighted by atomic mass is 10.0. The second kappa shape index (κ2) is 6.28. The first-order valence-electron chi connectivity index (χ1n) is 6.93. The molecule has 2 heterocycles. The van der Waals surface area contributed by atoms with E-state index in [4.69, 9.17) is 4.74 Å². The normalized spacial score (nSPS) is 21.6. The lowest BCUT2D eigenvalue weighted by Crippen LogP contribution is -2.31. The van der Waals surface area contributed by atoms with Gasteiger partial charge >= 0.3 is 0 Å². The van der Waals surface area contributed by atoms with Gasteiger partial charge in [0.2, 0.25) is 0 Å². The number of nitrogens with one attached hydrogen (secondary N) is 1. The summed E-state index contributed by atoms with van der Waals surface area (Å²) in [6.45, 7) is 1.30. The smallest absolute Gasteiger partial charge is 0.159 e. The summed E-state index contributed by atoms with van der Waals surface area (Å²) in [6.07, 6.45) is 4.08. The number of benzene rings is 1. The van der Waals surface area contributed by atoms with E-state index >= 15 is 0 Å². The maximum atomic E-state index is 13.4. The van der Waals surface area contributed by atoms with Gasteiger partial charge in [-0.05, 0) is 41.8 Å². The summed E-state index contributed by atoms with van der Waals surface area (Å²) in [6, 6.07) is 7.90. The van der Waals surface area contributed by atoms with Gasteiger partial charge < -0.3 is 10.1 Å². The van der Waals surface area contributed by atoms with Crippen LogP contribution in [0.2, 0.25) is 0 Å². The summed E-state index contributed by atoms with van der Waals surface area (Å²) in [7, 11) is 0. The minimum Gasteiger partial charge on any atom is -0.372 e. The SMILES string of the molecule is Fc1ccc([C@@H]2OCC[C@@H]2NCc2ccncc2)cc1F. The number of nitrogens with zero attached hydrogens (tertiary/aromatic N) is 1. The number of halogens is 2. The Morgan fingerprint density at radius 2 is 1.95 bits per heavy atom. The van der Waals surface area contributed by atoms with Gasteiger partial charge in [0.25, 0.3) is 0 Å². The van der Waals surface area contributed by atoms with Crippen molar-refractivity contribution in [3.05, 3.63) is 65.5 Å². The van der Waals surface area contributed by atoms with Crippen LogP contribution in [0.25, 0.3) is 0 Å². The van der Waals surface area contributed by atoms with Crippen molar-refractivity contribution in [2.45, 2.75) is 25.1 Å². The zero-order valence-corrected chi connectivity index (χ0v) is 11.4. The third-order valence-electron chi connectivity index (χ3n) is 3.68. The van der Waals surface area contributed by atoms with Gasteiger partial charge in [-0.15, -0.1) is 0 Å². The Morgan fingerprint density at radius 3 is 2.71 bits per heavy atom. The van der Waals surface area contributed by atoms with Gasteiger partial charge in [-0.2, -0.15) is 0 Å². The fraction of sp³-hybridized carbons (Fsp3) is 0.312. The van der Waals surface area contributed by atoms with E-state index < -0.39 is 11.6 Å². The maximum absolute atomic E-state index is 13.4. The van der Waals surface area contributed by atoms with E-state index in [9.17, 15) is 8.78 Å². The molecule has 2 atom stereocenters. The molecule has 0 bridgehead atoms. The molecule has 1 saturated heterocycles. The average molecular weight is 290 g/mol. The zero-order chi connectivity index (χ0) is 14.7. The van der Waals surface area contributed by atoms with Gasteiger partial charge in [-0.3, -0.25) is 4.98 Å². The van der Waals surface area contributed by atoms with Crippen molar-refractivity contribution in [3.63, 3.8) is 0 Å². The summed E-state index contributed by atoms with van der Waals surface area (Å²) < 4.78 is 32.0. The fourth-order valence-corrected chi connectivity index (χ4v) is 2.57. The molecule has 0 radical (unpaired) electrons. The molecule has 1 aromatic carbocycles. The van der Waals surface area contributed by atoms with Crippen LogP contribution in [0.15, 0.2) is 42.7 Å². The third kappa shape index (κ3) is 3.25. The van der Waals surface area contributed by atoms with Gasteiger partial charge in [0.1, 0.15) is 0 Å².